The first-order valence-corrected chi connectivity index (χ1v) is 16.9. The topological polar surface area (TPSA) is 163 Å². The van der Waals surface area contributed by atoms with Crippen LogP contribution in [0.4, 0.5) is 4.79 Å². The van der Waals surface area contributed by atoms with E-state index < -0.39 is 51.3 Å². The van der Waals surface area contributed by atoms with E-state index in [0.717, 1.165) is 51.4 Å². The number of ether oxygens (including phenoxy) is 1. The smallest absolute Gasteiger partial charge is 0.408 e. The average molecular weight is 610 g/mol. The zero-order valence-electron chi connectivity index (χ0n) is 25.1. The molecular formula is C29H47N5O7S. The molecule has 2 saturated carbocycles. The van der Waals surface area contributed by atoms with Gasteiger partial charge in [-0.2, -0.15) is 13.1 Å². The Bertz CT molecular complexity index is 1160. The molecule has 2 aliphatic carbocycles. The molecule has 0 aromatic carbocycles. The SMILES string of the molecule is CC(C)(C)OC(=O)NC1CCCCC/C=C\C2CC2(C(=O)NS(=O)(=O)NC2CCCCC2)NC(=O)C2CCCN2C1=O. The van der Waals surface area contributed by atoms with Crippen LogP contribution in [0.25, 0.3) is 0 Å². The number of alkyl carbamates (subject to hydrolysis) is 1. The van der Waals surface area contributed by atoms with Crippen LogP contribution in [0.15, 0.2) is 12.2 Å². The van der Waals surface area contributed by atoms with Gasteiger partial charge in [0.25, 0.3) is 5.91 Å². The molecule has 0 spiro atoms. The molecule has 4 unspecified atom stereocenters. The minimum absolute atomic E-state index is 0.223. The third-order valence-corrected chi connectivity index (χ3v) is 9.58. The lowest BCUT2D eigenvalue weighted by molar-refractivity contribution is -0.141. The van der Waals surface area contributed by atoms with Gasteiger partial charge in [-0.05, 0) is 72.1 Å². The van der Waals surface area contributed by atoms with Gasteiger partial charge in [0.1, 0.15) is 23.2 Å². The Morgan fingerprint density at radius 2 is 1.69 bits per heavy atom. The summed E-state index contributed by atoms with van der Waals surface area (Å²) in [5, 5.41) is 5.55. The number of carbonyl (C=O) groups excluding carboxylic acids is 4. The molecule has 4 N–H and O–H groups in total. The van der Waals surface area contributed by atoms with E-state index in [4.69, 9.17) is 4.74 Å². The van der Waals surface area contributed by atoms with E-state index >= 15 is 0 Å². The fraction of sp³-hybridized carbons (Fsp3) is 0.793. The second-order valence-electron chi connectivity index (χ2n) is 13.1. The summed E-state index contributed by atoms with van der Waals surface area (Å²) in [7, 11) is -4.12. The molecule has 2 aliphatic heterocycles. The summed E-state index contributed by atoms with van der Waals surface area (Å²) in [6, 6.07) is -1.91. The van der Waals surface area contributed by atoms with Crippen molar-refractivity contribution in [3.8, 4) is 0 Å². The highest BCUT2D eigenvalue weighted by molar-refractivity contribution is 7.88. The van der Waals surface area contributed by atoms with Gasteiger partial charge in [-0.1, -0.05) is 44.3 Å². The summed E-state index contributed by atoms with van der Waals surface area (Å²) in [6.07, 6.45) is 12.3. The number of hydrogen-bond acceptors (Lipinski definition) is 7. The lowest BCUT2D eigenvalue weighted by Crippen LogP contribution is -2.59. The molecule has 0 radical (unpaired) electrons. The molecule has 42 heavy (non-hydrogen) atoms. The lowest BCUT2D eigenvalue weighted by atomic mass is 9.96. The number of rotatable bonds is 5. The highest BCUT2D eigenvalue weighted by Crippen LogP contribution is 2.45. The Kier molecular flexibility index (Phi) is 10.2. The van der Waals surface area contributed by atoms with Gasteiger partial charge in [-0.25, -0.2) is 9.52 Å². The van der Waals surface area contributed by atoms with Crippen LogP contribution in [0, 0.1) is 5.92 Å². The normalized spacial score (nSPS) is 30.5. The molecule has 12 nitrogen and oxygen atoms in total. The van der Waals surface area contributed by atoms with Gasteiger partial charge in [0.15, 0.2) is 0 Å². The van der Waals surface area contributed by atoms with Crippen molar-refractivity contribution in [1.29, 1.82) is 0 Å². The summed E-state index contributed by atoms with van der Waals surface area (Å²) in [6.45, 7) is 5.57. The third kappa shape index (κ3) is 8.46. The molecule has 0 bridgehead atoms. The molecule has 236 valence electrons. The molecule has 0 aromatic heterocycles. The van der Waals surface area contributed by atoms with Crippen LogP contribution >= 0.6 is 0 Å². The maximum atomic E-state index is 13.7. The maximum Gasteiger partial charge on any atom is 0.408 e. The van der Waals surface area contributed by atoms with Gasteiger partial charge in [0, 0.05) is 18.5 Å². The van der Waals surface area contributed by atoms with E-state index in [1.807, 2.05) is 12.2 Å². The van der Waals surface area contributed by atoms with Crippen LogP contribution in [-0.2, 0) is 29.3 Å². The van der Waals surface area contributed by atoms with Crippen molar-refractivity contribution < 1.29 is 32.3 Å². The molecule has 4 amide bonds. The number of carbonyl (C=O) groups is 4. The Hall–Kier alpha value is -2.67. The minimum atomic E-state index is -4.12. The van der Waals surface area contributed by atoms with Crippen LogP contribution in [0.5, 0.6) is 0 Å². The van der Waals surface area contributed by atoms with E-state index in [0.29, 0.717) is 32.2 Å². The van der Waals surface area contributed by atoms with Crippen molar-refractivity contribution in [3.63, 3.8) is 0 Å². The highest BCUT2D eigenvalue weighted by Gasteiger charge is 2.61. The van der Waals surface area contributed by atoms with Crippen molar-refractivity contribution >= 4 is 34.0 Å². The van der Waals surface area contributed by atoms with Crippen LogP contribution < -0.4 is 20.1 Å². The van der Waals surface area contributed by atoms with Gasteiger partial charge >= 0.3 is 16.3 Å². The Labute approximate surface area is 249 Å². The molecule has 0 aromatic rings. The van der Waals surface area contributed by atoms with Gasteiger partial charge in [0.2, 0.25) is 11.8 Å². The monoisotopic (exact) mass is 609 g/mol. The largest absolute Gasteiger partial charge is 0.444 e. The number of allylic oxidation sites excluding steroid dienone is 1. The highest BCUT2D eigenvalue weighted by atomic mass is 32.2. The molecule has 4 aliphatic rings. The van der Waals surface area contributed by atoms with Crippen LogP contribution in [-0.4, -0.2) is 72.9 Å². The van der Waals surface area contributed by atoms with Gasteiger partial charge < -0.3 is 20.3 Å². The Morgan fingerprint density at radius 1 is 1.00 bits per heavy atom. The number of fused-ring (bicyclic) bond motifs is 2. The molecule has 4 rings (SSSR count). The summed E-state index contributed by atoms with van der Waals surface area (Å²) in [4.78, 5) is 54.8. The van der Waals surface area contributed by atoms with Crippen LogP contribution in [0.2, 0.25) is 0 Å². The van der Waals surface area contributed by atoms with Crippen molar-refractivity contribution in [2.24, 2.45) is 5.92 Å². The van der Waals surface area contributed by atoms with Gasteiger partial charge in [-0.15, -0.1) is 0 Å². The van der Waals surface area contributed by atoms with E-state index in [2.05, 4.69) is 20.1 Å². The third-order valence-electron chi connectivity index (χ3n) is 8.48. The molecule has 1 saturated heterocycles. The molecular weight excluding hydrogens is 562 g/mol. The summed E-state index contributed by atoms with van der Waals surface area (Å²) in [5.74, 6) is -2.01. The van der Waals surface area contributed by atoms with E-state index in [1.165, 1.54) is 4.90 Å². The van der Waals surface area contributed by atoms with Crippen molar-refractivity contribution in [2.45, 2.75) is 134 Å². The summed E-state index contributed by atoms with van der Waals surface area (Å²) < 4.78 is 35.9. The van der Waals surface area contributed by atoms with Gasteiger partial charge in [-0.3, -0.25) is 14.4 Å². The summed E-state index contributed by atoms with van der Waals surface area (Å²) in [5.41, 5.74) is -2.15. The number of nitrogens with one attached hydrogen (secondary N) is 4. The second-order valence-corrected chi connectivity index (χ2v) is 14.6. The minimum Gasteiger partial charge on any atom is -0.444 e. The quantitative estimate of drug-likeness (QED) is 0.348. The first kappa shape index (κ1) is 32.2. The first-order chi connectivity index (χ1) is 19.8. The summed E-state index contributed by atoms with van der Waals surface area (Å²) >= 11 is 0. The number of nitrogens with zero attached hydrogens (tertiary/aromatic N) is 1. The molecule has 3 fully saturated rings. The van der Waals surface area contributed by atoms with Crippen LogP contribution in [0.1, 0.15) is 104 Å². The van der Waals surface area contributed by atoms with Crippen molar-refractivity contribution in [1.82, 2.24) is 25.0 Å². The molecule has 13 heteroatoms. The molecule has 4 atom stereocenters. The number of amides is 4. The van der Waals surface area contributed by atoms with Crippen molar-refractivity contribution in [2.75, 3.05) is 6.54 Å². The zero-order chi connectivity index (χ0) is 30.5. The van der Waals surface area contributed by atoms with Gasteiger partial charge in [0.05, 0.1) is 0 Å². The maximum absolute atomic E-state index is 13.7. The fourth-order valence-electron chi connectivity index (χ4n) is 6.23. The number of hydrogen-bond donors (Lipinski definition) is 4. The Balaban J connectivity index is 1.51. The van der Waals surface area contributed by atoms with Crippen LogP contribution in [0.3, 0.4) is 0 Å². The first-order valence-electron chi connectivity index (χ1n) is 15.4. The predicted molar refractivity (Wildman–Crippen MR) is 156 cm³/mol. The van der Waals surface area contributed by atoms with E-state index in [1.54, 1.807) is 20.8 Å². The predicted octanol–water partition coefficient (Wildman–Crippen LogP) is 2.55. The van der Waals surface area contributed by atoms with Crippen molar-refractivity contribution in [3.05, 3.63) is 12.2 Å². The average Bonchev–Trinajstić information content (AvgIpc) is 3.35. The van der Waals surface area contributed by atoms with E-state index in [-0.39, 0.29) is 24.3 Å². The zero-order valence-corrected chi connectivity index (χ0v) is 25.9. The lowest BCUT2D eigenvalue weighted by Gasteiger charge is -2.30. The molecule has 2 heterocycles. The standard InChI is InChI=1S/C29H47N5O7S/c1-28(2,3)41-27(38)30-22-16-11-6-4-5-8-13-20-19-29(20,31-24(35)23-17-12-18-34(23)25(22)36)26(37)33-42(39,40)32-21-14-9-7-10-15-21/h8,13,20-23,32H,4-7,9-12,14-19H2,1-3H3,(H,30,38)(H,31,35)(H,33,37)/b13-8-. The Morgan fingerprint density at radius 3 is 2.40 bits per heavy atom. The van der Waals surface area contributed by atoms with E-state index in [9.17, 15) is 27.6 Å². The fourth-order valence-corrected chi connectivity index (χ4v) is 7.39. The second kappa shape index (κ2) is 13.3.